The molecule has 5 N–H and O–H groups in total. The summed E-state index contributed by atoms with van der Waals surface area (Å²) in [7, 11) is 0. The maximum Gasteiger partial charge on any atom is 0.324 e. The number of urea groups is 1. The molecular formula is C21H31N7O5. The third kappa shape index (κ3) is 5.88. The summed E-state index contributed by atoms with van der Waals surface area (Å²) in [6, 6.07) is -3.46. The summed E-state index contributed by atoms with van der Waals surface area (Å²) in [6.45, 7) is 2.68. The predicted molar refractivity (Wildman–Crippen MR) is 116 cm³/mol. The van der Waals surface area contributed by atoms with Gasteiger partial charge in [-0.05, 0) is 19.3 Å². The molecule has 3 heterocycles. The van der Waals surface area contributed by atoms with Gasteiger partial charge >= 0.3 is 6.03 Å². The summed E-state index contributed by atoms with van der Waals surface area (Å²) in [6.07, 6.45) is 6.53. The number of likely N-dealkylation sites (tertiary alicyclic amines) is 1. The first-order chi connectivity index (χ1) is 15.8. The zero-order valence-corrected chi connectivity index (χ0v) is 18.7. The number of rotatable bonds is 10. The summed E-state index contributed by atoms with van der Waals surface area (Å²) >= 11 is 0. The lowest BCUT2D eigenvalue weighted by Gasteiger charge is -2.32. The van der Waals surface area contributed by atoms with Gasteiger partial charge in [-0.25, -0.2) is 9.78 Å². The van der Waals surface area contributed by atoms with Crippen LogP contribution in [0.5, 0.6) is 0 Å². The number of nitrogens with zero attached hydrogens (tertiary/aromatic N) is 3. The molecule has 180 valence electrons. The van der Waals surface area contributed by atoms with E-state index in [-0.39, 0.29) is 12.8 Å². The average molecular weight is 462 g/mol. The van der Waals surface area contributed by atoms with E-state index in [0.717, 1.165) is 17.7 Å². The number of carbonyl (C=O) groups excluding carboxylic acids is 5. The Morgan fingerprint density at radius 2 is 2.09 bits per heavy atom. The van der Waals surface area contributed by atoms with Crippen LogP contribution in [0.2, 0.25) is 0 Å². The van der Waals surface area contributed by atoms with Crippen molar-refractivity contribution >= 4 is 29.7 Å². The van der Waals surface area contributed by atoms with Crippen LogP contribution in [-0.2, 0) is 25.6 Å². The van der Waals surface area contributed by atoms with Crippen molar-refractivity contribution in [1.82, 2.24) is 30.4 Å². The maximum absolute atomic E-state index is 13.2. The number of imidazole rings is 1. The van der Waals surface area contributed by atoms with Gasteiger partial charge in [0.2, 0.25) is 23.6 Å². The smallest absolute Gasteiger partial charge is 0.324 e. The van der Waals surface area contributed by atoms with E-state index in [0.29, 0.717) is 38.0 Å². The third-order valence-electron chi connectivity index (χ3n) is 5.98. The van der Waals surface area contributed by atoms with Gasteiger partial charge in [0.25, 0.3) is 0 Å². The monoisotopic (exact) mass is 461 g/mol. The zero-order chi connectivity index (χ0) is 24.0. The van der Waals surface area contributed by atoms with Gasteiger partial charge in [0, 0.05) is 31.4 Å². The summed E-state index contributed by atoms with van der Waals surface area (Å²) in [5, 5.41) is 5.21. The van der Waals surface area contributed by atoms with Gasteiger partial charge in [-0.1, -0.05) is 19.8 Å². The normalized spacial score (nSPS) is 21.6. The van der Waals surface area contributed by atoms with Crippen molar-refractivity contribution in [2.24, 2.45) is 5.73 Å². The number of amides is 6. The Morgan fingerprint density at radius 3 is 2.73 bits per heavy atom. The second-order valence-corrected chi connectivity index (χ2v) is 8.39. The number of aromatic nitrogens is 2. The van der Waals surface area contributed by atoms with Crippen LogP contribution in [0.1, 0.15) is 51.1 Å². The lowest BCUT2D eigenvalue weighted by molar-refractivity contribution is -0.141. The van der Waals surface area contributed by atoms with E-state index in [4.69, 9.17) is 5.73 Å². The number of nitrogens with one attached hydrogen (secondary N) is 3. The van der Waals surface area contributed by atoms with Gasteiger partial charge in [0.05, 0.1) is 12.7 Å². The summed E-state index contributed by atoms with van der Waals surface area (Å²) in [4.78, 5) is 72.1. The lowest BCUT2D eigenvalue weighted by Crippen LogP contribution is -2.62. The molecule has 0 bridgehead atoms. The molecule has 0 saturated carbocycles. The number of unbranched alkanes of at least 4 members (excludes halogenated alkanes) is 2. The molecule has 0 spiro atoms. The van der Waals surface area contributed by atoms with Crippen LogP contribution in [0.4, 0.5) is 4.79 Å². The topological polar surface area (TPSA) is 171 Å². The highest BCUT2D eigenvalue weighted by atomic mass is 16.2. The molecule has 12 nitrogen and oxygen atoms in total. The second-order valence-electron chi connectivity index (χ2n) is 8.39. The highest BCUT2D eigenvalue weighted by Crippen LogP contribution is 2.19. The SMILES string of the molecule is CCCCCN1C(=O)C[C@@H](C(=O)N[C@@H](Cc2cnc[nH]2)C(=O)N2CCC[C@H]2C(N)=O)NC1=O. The van der Waals surface area contributed by atoms with Gasteiger partial charge in [0.15, 0.2) is 0 Å². The van der Waals surface area contributed by atoms with Crippen molar-refractivity contribution in [3.05, 3.63) is 18.2 Å². The quantitative estimate of drug-likeness (QED) is 0.339. The van der Waals surface area contributed by atoms with Crippen LogP contribution in [0, 0.1) is 0 Å². The van der Waals surface area contributed by atoms with E-state index < -0.39 is 47.8 Å². The van der Waals surface area contributed by atoms with Crippen molar-refractivity contribution in [2.75, 3.05) is 13.1 Å². The van der Waals surface area contributed by atoms with Crippen molar-refractivity contribution in [2.45, 2.75) is 70.0 Å². The molecule has 1 aromatic rings. The summed E-state index contributed by atoms with van der Waals surface area (Å²) in [5.41, 5.74) is 6.05. The minimum absolute atomic E-state index is 0.101. The molecule has 2 fully saturated rings. The molecule has 3 rings (SSSR count). The molecule has 2 aliphatic heterocycles. The molecule has 0 aromatic carbocycles. The molecule has 2 saturated heterocycles. The Hall–Kier alpha value is -3.44. The van der Waals surface area contributed by atoms with Crippen molar-refractivity contribution in [3.8, 4) is 0 Å². The Balaban J connectivity index is 1.69. The van der Waals surface area contributed by atoms with Crippen molar-refractivity contribution in [1.29, 1.82) is 0 Å². The van der Waals surface area contributed by atoms with E-state index in [1.807, 2.05) is 6.92 Å². The van der Waals surface area contributed by atoms with E-state index >= 15 is 0 Å². The molecule has 6 amide bonds. The number of aromatic amines is 1. The van der Waals surface area contributed by atoms with Crippen LogP contribution < -0.4 is 16.4 Å². The maximum atomic E-state index is 13.2. The number of imide groups is 1. The number of hydrogen-bond donors (Lipinski definition) is 4. The Labute approximate surface area is 191 Å². The van der Waals surface area contributed by atoms with Gasteiger partial charge in [-0.15, -0.1) is 0 Å². The van der Waals surface area contributed by atoms with E-state index in [1.165, 1.54) is 17.4 Å². The van der Waals surface area contributed by atoms with Crippen molar-refractivity contribution in [3.63, 3.8) is 0 Å². The molecule has 12 heteroatoms. The van der Waals surface area contributed by atoms with E-state index in [2.05, 4.69) is 20.6 Å². The fraction of sp³-hybridized carbons (Fsp3) is 0.619. The first-order valence-electron chi connectivity index (χ1n) is 11.3. The predicted octanol–water partition coefficient (Wildman–Crippen LogP) is -0.586. The van der Waals surface area contributed by atoms with Gasteiger partial charge < -0.3 is 26.3 Å². The van der Waals surface area contributed by atoms with Crippen molar-refractivity contribution < 1.29 is 24.0 Å². The van der Waals surface area contributed by atoms with Crippen LogP contribution in [0.3, 0.4) is 0 Å². The van der Waals surface area contributed by atoms with E-state index in [9.17, 15) is 24.0 Å². The molecular weight excluding hydrogens is 430 g/mol. The number of primary amides is 1. The number of H-pyrrole nitrogens is 1. The Bertz CT molecular complexity index is 870. The molecule has 2 aliphatic rings. The summed E-state index contributed by atoms with van der Waals surface area (Å²) < 4.78 is 0. The Morgan fingerprint density at radius 1 is 1.30 bits per heavy atom. The fourth-order valence-corrected chi connectivity index (χ4v) is 4.20. The van der Waals surface area contributed by atoms with E-state index in [1.54, 1.807) is 0 Å². The zero-order valence-electron chi connectivity index (χ0n) is 18.7. The van der Waals surface area contributed by atoms with Crippen LogP contribution in [-0.4, -0.2) is 80.6 Å². The first-order valence-corrected chi connectivity index (χ1v) is 11.3. The Kier molecular flexibility index (Phi) is 8.01. The average Bonchev–Trinajstić information content (AvgIpc) is 3.46. The molecule has 0 radical (unpaired) electrons. The lowest BCUT2D eigenvalue weighted by atomic mass is 10.1. The van der Waals surface area contributed by atoms with Gasteiger partial charge in [-0.3, -0.25) is 24.1 Å². The van der Waals surface area contributed by atoms with Gasteiger partial charge in [0.1, 0.15) is 18.1 Å². The highest BCUT2D eigenvalue weighted by molar-refractivity contribution is 6.03. The first kappa shape index (κ1) is 24.2. The third-order valence-corrected chi connectivity index (χ3v) is 5.98. The number of hydrogen-bond acceptors (Lipinski definition) is 6. The van der Waals surface area contributed by atoms with Gasteiger partial charge in [-0.2, -0.15) is 0 Å². The molecule has 3 atom stereocenters. The van der Waals surface area contributed by atoms with Crippen LogP contribution in [0.15, 0.2) is 12.5 Å². The standard InChI is InChI=1S/C21H31N7O5/c1-2-3-4-7-28-17(29)10-14(26-21(28)33)19(31)25-15(9-13-11-23-12-24-13)20(32)27-8-5-6-16(27)18(22)30/h11-12,14-16H,2-10H2,1H3,(H2,22,30)(H,23,24)(H,25,31)(H,26,33)/t14-,15-,16-/m0/s1. The number of nitrogens with two attached hydrogens (primary N) is 1. The second kappa shape index (κ2) is 10.9. The summed E-state index contributed by atoms with van der Waals surface area (Å²) in [5.74, 6) is -2.12. The molecule has 0 unspecified atom stereocenters. The molecule has 0 aliphatic carbocycles. The largest absolute Gasteiger partial charge is 0.368 e. The number of carbonyl (C=O) groups is 5. The minimum atomic E-state index is -1.09. The van der Waals surface area contributed by atoms with Crippen LogP contribution >= 0.6 is 0 Å². The molecule has 1 aromatic heterocycles. The minimum Gasteiger partial charge on any atom is -0.368 e. The van der Waals surface area contributed by atoms with Crippen LogP contribution in [0.25, 0.3) is 0 Å². The highest BCUT2D eigenvalue weighted by Gasteiger charge is 2.40. The molecule has 33 heavy (non-hydrogen) atoms. The fourth-order valence-electron chi connectivity index (χ4n) is 4.20.